The van der Waals surface area contributed by atoms with Crippen molar-refractivity contribution in [2.45, 2.75) is 20.5 Å². The van der Waals surface area contributed by atoms with Crippen molar-refractivity contribution < 1.29 is 23.8 Å². The van der Waals surface area contributed by atoms with Crippen molar-refractivity contribution in [1.29, 1.82) is 0 Å². The first-order chi connectivity index (χ1) is 15.0. The van der Waals surface area contributed by atoms with Crippen LogP contribution >= 0.6 is 15.9 Å². The molecule has 0 saturated carbocycles. The third kappa shape index (κ3) is 6.18. The van der Waals surface area contributed by atoms with Gasteiger partial charge in [0.05, 0.1) is 16.6 Å². The number of hydrogen-bond acceptors (Lipinski definition) is 5. The van der Waals surface area contributed by atoms with Crippen LogP contribution in [-0.4, -0.2) is 25.0 Å². The van der Waals surface area contributed by atoms with Gasteiger partial charge in [-0.05, 0) is 47.5 Å². The molecule has 3 aromatic rings. The molecule has 0 amide bonds. The second kappa shape index (κ2) is 10.8. The van der Waals surface area contributed by atoms with Crippen LogP contribution in [0.2, 0.25) is 0 Å². The minimum atomic E-state index is -0.615. The molecule has 0 radical (unpaired) electrons. The molecule has 160 valence electrons. The summed E-state index contributed by atoms with van der Waals surface area (Å²) < 4.78 is 17.4. The number of carbonyl (C=O) groups excluding carboxylic acids is 2. The second-order valence-electron chi connectivity index (χ2n) is 6.86. The van der Waals surface area contributed by atoms with Crippen LogP contribution in [0, 0.1) is 6.92 Å². The third-order valence-corrected chi connectivity index (χ3v) is 5.07. The van der Waals surface area contributed by atoms with Gasteiger partial charge in [0.1, 0.15) is 6.61 Å². The maximum absolute atomic E-state index is 12.5. The largest absolute Gasteiger partial charge is 0.490 e. The Kier molecular flexibility index (Phi) is 7.84. The average molecular weight is 483 g/mol. The number of esters is 1. The summed E-state index contributed by atoms with van der Waals surface area (Å²) in [5.41, 5.74) is 2.95. The molecular formula is C25H23BrO5. The van der Waals surface area contributed by atoms with Gasteiger partial charge in [0, 0.05) is 5.56 Å². The lowest BCUT2D eigenvalue weighted by molar-refractivity contribution is 0.0474. The molecule has 0 aliphatic heterocycles. The average Bonchev–Trinajstić information content (AvgIpc) is 2.78. The van der Waals surface area contributed by atoms with Crippen molar-refractivity contribution >= 4 is 27.7 Å². The summed E-state index contributed by atoms with van der Waals surface area (Å²) in [5.74, 6) is 0.0387. The molecule has 0 atom stereocenters. The summed E-state index contributed by atoms with van der Waals surface area (Å²) >= 11 is 3.46. The van der Waals surface area contributed by atoms with Crippen molar-refractivity contribution in [1.82, 2.24) is 0 Å². The van der Waals surface area contributed by atoms with E-state index in [1.807, 2.05) is 44.2 Å². The first-order valence-electron chi connectivity index (χ1n) is 9.88. The molecule has 0 fully saturated rings. The maximum Gasteiger partial charge on any atom is 0.338 e. The molecule has 0 aliphatic rings. The lowest BCUT2D eigenvalue weighted by Crippen LogP contribution is -2.14. The number of carbonyl (C=O) groups is 2. The molecule has 31 heavy (non-hydrogen) atoms. The number of hydrogen-bond donors (Lipinski definition) is 0. The van der Waals surface area contributed by atoms with Crippen LogP contribution in [0.4, 0.5) is 0 Å². The van der Waals surface area contributed by atoms with Gasteiger partial charge in [0.25, 0.3) is 0 Å². The highest BCUT2D eigenvalue weighted by Gasteiger charge is 2.18. The standard InChI is InChI=1S/C25H23BrO5/c1-3-29-23-14-20(25(28)31-16-22(27)19-7-5-4-6-8-19)13-21(26)24(23)30-15-18-11-9-17(2)10-12-18/h4-14H,3,15-16H2,1-2H3. The molecule has 6 heteroatoms. The molecule has 3 rings (SSSR count). The Morgan fingerprint density at radius 1 is 0.903 bits per heavy atom. The van der Waals surface area contributed by atoms with E-state index in [0.717, 1.165) is 5.56 Å². The van der Waals surface area contributed by atoms with Crippen LogP contribution in [0.25, 0.3) is 0 Å². The minimum Gasteiger partial charge on any atom is -0.490 e. The van der Waals surface area contributed by atoms with Crippen LogP contribution in [0.1, 0.15) is 38.8 Å². The normalized spacial score (nSPS) is 10.4. The highest BCUT2D eigenvalue weighted by molar-refractivity contribution is 9.10. The van der Waals surface area contributed by atoms with E-state index in [4.69, 9.17) is 14.2 Å². The van der Waals surface area contributed by atoms with Gasteiger partial charge in [-0.25, -0.2) is 4.79 Å². The second-order valence-corrected chi connectivity index (χ2v) is 7.71. The van der Waals surface area contributed by atoms with E-state index in [-0.39, 0.29) is 18.0 Å². The number of benzene rings is 3. The van der Waals surface area contributed by atoms with E-state index in [0.29, 0.717) is 34.7 Å². The summed E-state index contributed by atoms with van der Waals surface area (Å²) in [6.45, 7) is 4.30. The zero-order chi connectivity index (χ0) is 22.2. The van der Waals surface area contributed by atoms with Gasteiger partial charge in [-0.15, -0.1) is 0 Å². The predicted molar refractivity (Wildman–Crippen MR) is 122 cm³/mol. The molecule has 0 bridgehead atoms. The number of aryl methyl sites for hydroxylation is 1. The molecule has 0 aliphatic carbocycles. The summed E-state index contributed by atoms with van der Waals surface area (Å²) in [4.78, 5) is 24.7. The van der Waals surface area contributed by atoms with Crippen LogP contribution in [0.5, 0.6) is 11.5 Å². The van der Waals surface area contributed by atoms with Gasteiger partial charge in [-0.3, -0.25) is 4.79 Å². The van der Waals surface area contributed by atoms with Gasteiger partial charge >= 0.3 is 5.97 Å². The van der Waals surface area contributed by atoms with Gasteiger partial charge < -0.3 is 14.2 Å². The summed E-state index contributed by atoms with van der Waals surface area (Å²) in [5, 5.41) is 0. The molecule has 0 unspecified atom stereocenters. The fraction of sp³-hybridized carbons (Fsp3) is 0.200. The third-order valence-electron chi connectivity index (χ3n) is 4.48. The predicted octanol–water partition coefficient (Wildman–Crippen LogP) is 5.77. The molecule has 0 saturated heterocycles. The van der Waals surface area contributed by atoms with Crippen molar-refractivity contribution in [3.63, 3.8) is 0 Å². The fourth-order valence-electron chi connectivity index (χ4n) is 2.85. The molecule has 0 aromatic heterocycles. The van der Waals surface area contributed by atoms with E-state index < -0.39 is 5.97 Å². The lowest BCUT2D eigenvalue weighted by atomic mass is 10.1. The Balaban J connectivity index is 1.71. The molecule has 5 nitrogen and oxygen atoms in total. The molecule has 0 N–H and O–H groups in total. The van der Waals surface area contributed by atoms with E-state index in [2.05, 4.69) is 15.9 Å². The van der Waals surface area contributed by atoms with E-state index in [1.165, 1.54) is 5.56 Å². The Labute approximate surface area is 190 Å². The Morgan fingerprint density at radius 2 is 1.61 bits per heavy atom. The summed E-state index contributed by atoms with van der Waals surface area (Å²) in [6, 6.07) is 19.9. The van der Waals surface area contributed by atoms with Crippen LogP contribution in [0.3, 0.4) is 0 Å². The highest BCUT2D eigenvalue weighted by Crippen LogP contribution is 2.37. The van der Waals surface area contributed by atoms with E-state index >= 15 is 0 Å². The number of halogens is 1. The molecule has 3 aromatic carbocycles. The van der Waals surface area contributed by atoms with Crippen LogP contribution < -0.4 is 9.47 Å². The first kappa shape index (κ1) is 22.6. The molecular weight excluding hydrogens is 460 g/mol. The summed E-state index contributed by atoms with van der Waals surface area (Å²) in [6.07, 6.45) is 0. The SMILES string of the molecule is CCOc1cc(C(=O)OCC(=O)c2ccccc2)cc(Br)c1OCc1ccc(C)cc1. The van der Waals surface area contributed by atoms with Gasteiger partial charge in [0.15, 0.2) is 23.9 Å². The lowest BCUT2D eigenvalue weighted by Gasteiger charge is -2.15. The first-order valence-corrected chi connectivity index (χ1v) is 10.7. The van der Waals surface area contributed by atoms with E-state index in [9.17, 15) is 9.59 Å². The Hall–Kier alpha value is -3.12. The smallest absolute Gasteiger partial charge is 0.338 e. The highest BCUT2D eigenvalue weighted by atomic mass is 79.9. The summed E-state index contributed by atoms with van der Waals surface area (Å²) in [7, 11) is 0. The van der Waals surface area contributed by atoms with Gasteiger partial charge in [-0.1, -0.05) is 60.2 Å². The van der Waals surface area contributed by atoms with Crippen molar-refractivity contribution in [2.24, 2.45) is 0 Å². The number of Topliss-reactive ketones (excluding diaryl/α,β-unsaturated/α-hetero) is 1. The minimum absolute atomic E-state index is 0.263. The molecule has 0 heterocycles. The zero-order valence-corrected chi connectivity index (χ0v) is 19.0. The number of rotatable bonds is 9. The monoisotopic (exact) mass is 482 g/mol. The van der Waals surface area contributed by atoms with Crippen molar-refractivity contribution in [3.05, 3.63) is 93.5 Å². The Bertz CT molecular complexity index is 1050. The number of ether oxygens (including phenoxy) is 3. The maximum atomic E-state index is 12.5. The Morgan fingerprint density at radius 3 is 2.29 bits per heavy atom. The van der Waals surface area contributed by atoms with Crippen molar-refractivity contribution in [3.8, 4) is 11.5 Å². The van der Waals surface area contributed by atoms with E-state index in [1.54, 1.807) is 36.4 Å². The van der Waals surface area contributed by atoms with Gasteiger partial charge in [0.2, 0.25) is 0 Å². The topological polar surface area (TPSA) is 61.8 Å². The van der Waals surface area contributed by atoms with Crippen LogP contribution in [0.15, 0.2) is 71.2 Å². The zero-order valence-electron chi connectivity index (χ0n) is 17.4. The fourth-order valence-corrected chi connectivity index (χ4v) is 3.41. The van der Waals surface area contributed by atoms with Crippen LogP contribution in [-0.2, 0) is 11.3 Å². The van der Waals surface area contributed by atoms with Gasteiger partial charge in [-0.2, -0.15) is 0 Å². The molecule has 0 spiro atoms. The quantitative estimate of drug-likeness (QED) is 0.286. The van der Waals surface area contributed by atoms with Crippen molar-refractivity contribution in [2.75, 3.05) is 13.2 Å². The number of ketones is 1.